The number of hydrogen-bond acceptors (Lipinski definition) is 0. The Kier molecular flexibility index (Phi) is 43.1. The molecule has 0 aliphatic heterocycles. The molecule has 588 valence electrons. The van der Waals surface area contributed by atoms with Gasteiger partial charge in [0.1, 0.15) is 0 Å². The van der Waals surface area contributed by atoms with Gasteiger partial charge in [0.2, 0.25) is 0 Å². The van der Waals surface area contributed by atoms with Gasteiger partial charge in [-0.15, -0.1) is 0 Å². The van der Waals surface area contributed by atoms with Gasteiger partial charge in [-0.25, -0.2) is 0 Å². The molecular weight excluding hydrogens is 1260 g/mol. The Morgan fingerprint density at radius 1 is 0.190 bits per heavy atom. The first-order valence-corrected chi connectivity index (χ1v) is 42.4. The molecule has 0 saturated heterocycles. The molecule has 6 aromatic carbocycles. The third-order valence-corrected chi connectivity index (χ3v) is 27.6. The molecule has 0 atom stereocenters. The molecule has 0 bridgehead atoms. The summed E-state index contributed by atoms with van der Waals surface area (Å²) < 4.78 is 0. The van der Waals surface area contributed by atoms with Gasteiger partial charge < -0.3 is 0 Å². The van der Waals surface area contributed by atoms with Crippen molar-refractivity contribution >= 4 is 0 Å². The molecule has 0 heteroatoms. The third kappa shape index (κ3) is 32.0. The molecule has 0 unspecified atom stereocenters. The van der Waals surface area contributed by atoms with Gasteiger partial charge in [0, 0.05) is 0 Å². The highest BCUT2D eigenvalue weighted by Gasteiger charge is 2.35. The molecule has 8 aliphatic rings. The maximum Gasteiger partial charge on any atom is -0.00258 e. The highest BCUT2D eigenvalue weighted by atomic mass is 14.4. The minimum absolute atomic E-state index is 0. The lowest BCUT2D eigenvalue weighted by Gasteiger charge is -2.41. The Labute approximate surface area is 654 Å². The third-order valence-electron chi connectivity index (χ3n) is 27.6. The van der Waals surface area contributed by atoms with Crippen molar-refractivity contribution in [2.75, 3.05) is 0 Å². The molecule has 8 aliphatic carbocycles. The van der Waals surface area contributed by atoms with Crippen LogP contribution in [0.1, 0.15) is 347 Å². The second-order valence-corrected chi connectivity index (χ2v) is 36.2. The summed E-state index contributed by atoms with van der Waals surface area (Å²) in [7, 11) is 0. The van der Waals surface area contributed by atoms with Crippen molar-refractivity contribution in [3.8, 4) is 11.1 Å². The summed E-state index contributed by atoms with van der Waals surface area (Å²) in [6.07, 6.45) is 54.7. The van der Waals surface area contributed by atoms with E-state index in [0.29, 0.717) is 0 Å². The second kappa shape index (κ2) is 48.8. The maximum absolute atomic E-state index is 2.46. The highest BCUT2D eigenvalue weighted by Crippen LogP contribution is 2.47. The molecular formula is C105H168. The van der Waals surface area contributed by atoms with E-state index in [-0.39, 0.29) is 44.6 Å². The molecule has 0 heterocycles. The van der Waals surface area contributed by atoms with Gasteiger partial charge in [-0.2, -0.15) is 0 Å². The quantitative estimate of drug-likeness (QED) is 0.102. The van der Waals surface area contributed by atoms with Crippen LogP contribution < -0.4 is 0 Å². The largest absolute Gasteiger partial charge is 0.0776 e. The Bertz CT molecular complexity index is 3010. The average Bonchev–Trinajstić information content (AvgIpc) is 0.864. The van der Waals surface area contributed by atoms with Crippen LogP contribution in [-0.4, -0.2) is 0 Å². The Balaban J connectivity index is 0.000000281. The summed E-state index contributed by atoms with van der Waals surface area (Å²) in [6, 6.07) is 54.1. The van der Waals surface area contributed by atoms with E-state index in [9.17, 15) is 0 Å². The van der Waals surface area contributed by atoms with Crippen LogP contribution in [0.25, 0.3) is 11.1 Å². The maximum atomic E-state index is 2.46. The van der Waals surface area contributed by atoms with Gasteiger partial charge in [-0.05, 0) is 316 Å². The first kappa shape index (κ1) is 92.7. The van der Waals surface area contributed by atoms with Gasteiger partial charge in [-0.3, -0.25) is 0 Å². The zero-order chi connectivity index (χ0) is 69.3. The molecule has 8 saturated carbocycles. The highest BCUT2D eigenvalue weighted by molar-refractivity contribution is 5.64. The van der Waals surface area contributed by atoms with Crippen LogP contribution in [0, 0.1) is 129 Å². The van der Waals surface area contributed by atoms with Crippen molar-refractivity contribution in [2.24, 2.45) is 94.7 Å². The normalized spacial score (nSPS) is 28.5. The fraction of sp³-hybridized carbons (Fsp3) is 0.657. The van der Waals surface area contributed by atoms with Crippen LogP contribution in [0.3, 0.4) is 0 Å². The van der Waals surface area contributed by atoms with Crippen molar-refractivity contribution in [1.82, 2.24) is 0 Å². The zero-order valence-electron chi connectivity index (χ0n) is 65.3. The summed E-state index contributed by atoms with van der Waals surface area (Å²) >= 11 is 0. The van der Waals surface area contributed by atoms with E-state index in [1.54, 1.807) is 50.5 Å². The molecule has 14 rings (SSSR count). The van der Waals surface area contributed by atoms with E-state index in [0.717, 1.165) is 101 Å². The van der Waals surface area contributed by atoms with Crippen molar-refractivity contribution < 1.29 is 0 Å². The predicted octanol–water partition coefficient (Wildman–Crippen LogP) is 32.9. The van der Waals surface area contributed by atoms with Crippen LogP contribution in [0.4, 0.5) is 0 Å². The average molecular weight is 1430 g/mol. The van der Waals surface area contributed by atoms with Crippen LogP contribution in [-0.2, 0) is 25.7 Å². The number of hydrogen-bond donors (Lipinski definition) is 0. The second-order valence-electron chi connectivity index (χ2n) is 36.2. The molecule has 0 nitrogen and oxygen atoms in total. The molecule has 8 fully saturated rings. The lowest BCUT2D eigenvalue weighted by Crippen LogP contribution is -2.29. The van der Waals surface area contributed by atoms with Gasteiger partial charge >= 0.3 is 0 Å². The van der Waals surface area contributed by atoms with Gasteiger partial charge in [-0.1, -0.05) is 342 Å². The summed E-state index contributed by atoms with van der Waals surface area (Å²) in [4.78, 5) is 0. The summed E-state index contributed by atoms with van der Waals surface area (Å²) in [5.41, 5.74) is 16.8. The smallest absolute Gasteiger partial charge is 0.00258 e. The molecule has 0 amide bonds. The van der Waals surface area contributed by atoms with E-state index in [2.05, 4.69) is 215 Å². The van der Waals surface area contributed by atoms with Crippen molar-refractivity contribution in [1.29, 1.82) is 0 Å². The molecule has 0 spiro atoms. The fourth-order valence-corrected chi connectivity index (χ4v) is 20.1. The van der Waals surface area contributed by atoms with Crippen LogP contribution in [0.5, 0.6) is 0 Å². The Hall–Kier alpha value is -4.68. The van der Waals surface area contributed by atoms with Gasteiger partial charge in [0.15, 0.2) is 0 Å². The zero-order valence-corrected chi connectivity index (χ0v) is 65.3. The fourth-order valence-electron chi connectivity index (χ4n) is 20.1. The molecule has 105 heavy (non-hydrogen) atoms. The monoisotopic (exact) mass is 1430 g/mol. The standard InChI is InChI=1S/C27H36.C27H42.C15H28.C15H22.C15H16.6CH4/c1-20-3-11-24(12-4-20)26-15-7-22(8-16-26)19-23-9-17-27(18-10-23)25-13-5-21(2)6-14-25;1-20-3-7-22(8-4-20)19-23-9-13-25(14-10-23)27-17-15-26(16-18-27)24-11-5-21(2)6-12-24;3*1-12-3-7-14(8-4-12)11-15-9-5-13(2)6-10-15;;;;;;/h3-4,7-8,11-12,15-16,21,23,25,27H,5-6,9-10,13-14,17-19H2,1-2H3;3-4,7-8,21,23-27H,5-6,9-19H2,1-2H3;12-15H,3-11H2,1-2H3;3-4,7-8,13,15H,5-6,9-11H2,1-2H3;3-10H,11H2,1-2H3;6*1H4. The predicted molar refractivity (Wildman–Crippen MR) is 472 cm³/mol. The van der Waals surface area contributed by atoms with E-state index in [1.165, 1.54) is 247 Å². The first-order valence-electron chi connectivity index (χ1n) is 42.4. The van der Waals surface area contributed by atoms with Crippen LogP contribution >= 0.6 is 0 Å². The van der Waals surface area contributed by atoms with Gasteiger partial charge in [0.05, 0.1) is 0 Å². The Morgan fingerprint density at radius 2 is 0.352 bits per heavy atom. The molecule has 0 N–H and O–H groups in total. The van der Waals surface area contributed by atoms with E-state index >= 15 is 0 Å². The van der Waals surface area contributed by atoms with Crippen LogP contribution in [0.2, 0.25) is 0 Å². The molecule has 0 radical (unpaired) electrons. The van der Waals surface area contributed by atoms with Crippen molar-refractivity contribution in [3.05, 3.63) is 201 Å². The van der Waals surface area contributed by atoms with Crippen molar-refractivity contribution in [2.45, 2.75) is 351 Å². The Morgan fingerprint density at radius 3 is 0.600 bits per heavy atom. The first-order chi connectivity index (χ1) is 48.1. The summed E-state index contributed by atoms with van der Waals surface area (Å²) in [6.45, 7) is 22.9. The van der Waals surface area contributed by atoms with Crippen molar-refractivity contribution in [3.63, 3.8) is 0 Å². The van der Waals surface area contributed by atoms with E-state index in [1.807, 2.05) is 0 Å². The number of benzene rings is 6. The molecule has 0 aromatic heterocycles. The number of rotatable bonds is 14. The molecule has 6 aromatic rings. The van der Waals surface area contributed by atoms with Crippen LogP contribution in [0.15, 0.2) is 146 Å². The lowest BCUT2D eigenvalue weighted by atomic mass is 9.65. The van der Waals surface area contributed by atoms with E-state index in [4.69, 9.17) is 0 Å². The minimum atomic E-state index is 0. The van der Waals surface area contributed by atoms with E-state index < -0.39 is 0 Å². The number of aryl methyl sites for hydroxylation is 5. The minimum Gasteiger partial charge on any atom is -0.0776 e. The topological polar surface area (TPSA) is 0 Å². The van der Waals surface area contributed by atoms with Gasteiger partial charge in [0.25, 0.3) is 0 Å². The summed E-state index contributed by atoms with van der Waals surface area (Å²) in [5, 5.41) is 0. The SMILES string of the molecule is C.C.C.C.C.C.CC1CCC(CC2CCC(C)CC2)CC1.Cc1ccc(-c2ccc(CC3CCC(C4CCC(C)CC4)CC3)cc2)cc1.Cc1ccc(CC2CCC(C)CC2)cc1.Cc1ccc(CC2CCC(C3CCC(C4CCC(C)CC4)CC3)CC2)cc1.Cc1ccc(Cc2ccc(C)cc2)cc1. The summed E-state index contributed by atoms with van der Waals surface area (Å²) in [5.74, 6) is 16.4. The lowest BCUT2D eigenvalue weighted by molar-refractivity contribution is 0.106.